The number of carbonyl (C=O) groups excluding carboxylic acids is 2. The molecule has 1 saturated heterocycles. The molecule has 2 amide bonds. The van der Waals surface area contributed by atoms with Gasteiger partial charge in [0.2, 0.25) is 5.91 Å². The maximum atomic E-state index is 13.7. The normalized spacial score (nSPS) is 15.0. The first kappa shape index (κ1) is 20.3. The van der Waals surface area contributed by atoms with Gasteiger partial charge in [0.15, 0.2) is 0 Å². The molecule has 0 aromatic heterocycles. The van der Waals surface area contributed by atoms with Crippen molar-refractivity contribution >= 4 is 41.2 Å². The number of likely N-dealkylation sites (tertiary alicyclic amines) is 1. The van der Waals surface area contributed by atoms with Crippen LogP contribution in [0.1, 0.15) is 28.8 Å². The van der Waals surface area contributed by atoms with Crippen LogP contribution in [0.4, 0.5) is 4.39 Å². The second kappa shape index (κ2) is 9.17. The highest BCUT2D eigenvalue weighted by Gasteiger charge is 2.27. The molecule has 0 aliphatic carbocycles. The van der Waals surface area contributed by atoms with Crippen LogP contribution in [-0.4, -0.2) is 36.0 Å². The Bertz CT molecular complexity index is 875. The lowest BCUT2D eigenvalue weighted by Crippen LogP contribution is -2.42. The quantitative estimate of drug-likeness (QED) is 0.595. The third kappa shape index (κ3) is 4.88. The molecule has 1 aliphatic rings. The Balaban J connectivity index is 1.52. The lowest BCUT2D eigenvalue weighted by Gasteiger charge is -2.31. The fourth-order valence-electron chi connectivity index (χ4n) is 3.01. The molecule has 2 aromatic carbocycles. The van der Waals surface area contributed by atoms with Gasteiger partial charge in [-0.05, 0) is 49.2 Å². The summed E-state index contributed by atoms with van der Waals surface area (Å²) in [6, 6.07) is 11.0. The largest absolute Gasteiger partial charge is 0.339 e. The first-order chi connectivity index (χ1) is 13.5. The van der Waals surface area contributed by atoms with Crippen molar-refractivity contribution in [2.45, 2.75) is 12.8 Å². The van der Waals surface area contributed by atoms with Crippen LogP contribution < -0.4 is 5.43 Å². The molecule has 0 unspecified atom stereocenters. The average Bonchev–Trinajstić information content (AvgIpc) is 2.70. The Morgan fingerprint density at radius 2 is 1.79 bits per heavy atom. The molecule has 2 aromatic rings. The summed E-state index contributed by atoms with van der Waals surface area (Å²) in [6.45, 7) is 0.949. The number of hydrogen-bond donors (Lipinski definition) is 1. The summed E-state index contributed by atoms with van der Waals surface area (Å²) in [5.41, 5.74) is 3.11. The molecule has 146 valence electrons. The molecule has 8 heteroatoms. The van der Waals surface area contributed by atoms with Gasteiger partial charge >= 0.3 is 0 Å². The topological polar surface area (TPSA) is 61.8 Å². The van der Waals surface area contributed by atoms with E-state index in [4.69, 9.17) is 23.2 Å². The van der Waals surface area contributed by atoms with Gasteiger partial charge in [-0.25, -0.2) is 9.82 Å². The molecule has 1 fully saturated rings. The first-order valence-electron chi connectivity index (χ1n) is 8.77. The van der Waals surface area contributed by atoms with Crippen LogP contribution in [0.25, 0.3) is 0 Å². The van der Waals surface area contributed by atoms with Crippen molar-refractivity contribution in [3.05, 3.63) is 69.5 Å². The molecule has 1 aliphatic heterocycles. The van der Waals surface area contributed by atoms with E-state index in [1.807, 2.05) is 0 Å². The highest BCUT2D eigenvalue weighted by Crippen LogP contribution is 2.20. The SMILES string of the molecule is O=C(N/N=C\c1c(F)cccc1Cl)C1CCN(C(=O)c2ccc(Cl)cc2)CC1. The smallest absolute Gasteiger partial charge is 0.253 e. The average molecular weight is 422 g/mol. The third-order valence-corrected chi connectivity index (χ3v) is 5.19. The third-order valence-electron chi connectivity index (χ3n) is 4.61. The van der Waals surface area contributed by atoms with E-state index in [1.165, 1.54) is 18.3 Å². The number of piperidine rings is 1. The Morgan fingerprint density at radius 3 is 2.43 bits per heavy atom. The number of rotatable bonds is 4. The van der Waals surface area contributed by atoms with Crippen molar-refractivity contribution in [3.63, 3.8) is 0 Å². The van der Waals surface area contributed by atoms with Gasteiger partial charge in [-0.3, -0.25) is 9.59 Å². The Kier molecular flexibility index (Phi) is 6.65. The van der Waals surface area contributed by atoms with Gasteiger partial charge in [0.25, 0.3) is 5.91 Å². The molecule has 0 saturated carbocycles. The standard InChI is InChI=1S/C20H18Cl2FN3O2/c21-15-6-4-14(5-7-15)20(28)26-10-8-13(9-11-26)19(27)25-24-12-16-17(22)2-1-3-18(16)23/h1-7,12-13H,8-11H2,(H,25,27)/b24-12-. The first-order valence-corrected chi connectivity index (χ1v) is 9.53. The summed E-state index contributed by atoms with van der Waals surface area (Å²) in [7, 11) is 0. The van der Waals surface area contributed by atoms with Crippen molar-refractivity contribution in [1.29, 1.82) is 0 Å². The summed E-state index contributed by atoms with van der Waals surface area (Å²) in [5.74, 6) is -1.12. The Hall–Kier alpha value is -2.44. The number of amides is 2. The Labute approximate surface area is 172 Å². The molecule has 0 spiro atoms. The monoisotopic (exact) mass is 421 g/mol. The zero-order valence-corrected chi connectivity index (χ0v) is 16.4. The van der Waals surface area contributed by atoms with Gasteiger partial charge in [0.1, 0.15) is 5.82 Å². The van der Waals surface area contributed by atoms with E-state index in [-0.39, 0.29) is 28.3 Å². The lowest BCUT2D eigenvalue weighted by molar-refractivity contribution is -0.126. The summed E-state index contributed by atoms with van der Waals surface area (Å²) >= 11 is 11.8. The highest BCUT2D eigenvalue weighted by molar-refractivity contribution is 6.33. The van der Waals surface area contributed by atoms with Crippen molar-refractivity contribution in [2.24, 2.45) is 11.0 Å². The summed E-state index contributed by atoms with van der Waals surface area (Å²) in [6.07, 6.45) is 2.25. The summed E-state index contributed by atoms with van der Waals surface area (Å²) in [5, 5.41) is 4.59. The van der Waals surface area contributed by atoms with Gasteiger partial charge < -0.3 is 4.90 Å². The van der Waals surface area contributed by atoms with E-state index in [9.17, 15) is 14.0 Å². The summed E-state index contributed by atoms with van der Waals surface area (Å²) < 4.78 is 13.7. The predicted octanol–water partition coefficient (Wildman–Crippen LogP) is 4.14. The molecule has 0 bridgehead atoms. The Morgan fingerprint density at radius 1 is 1.11 bits per heavy atom. The minimum absolute atomic E-state index is 0.0808. The number of benzene rings is 2. The number of halogens is 3. The van der Waals surface area contributed by atoms with E-state index in [0.717, 1.165) is 0 Å². The number of carbonyl (C=O) groups is 2. The van der Waals surface area contributed by atoms with Gasteiger partial charge in [-0.2, -0.15) is 5.10 Å². The molecule has 0 radical (unpaired) electrons. The van der Waals surface area contributed by atoms with Crippen LogP contribution >= 0.6 is 23.2 Å². The molecule has 1 N–H and O–H groups in total. The van der Waals surface area contributed by atoms with E-state index in [0.29, 0.717) is 36.5 Å². The van der Waals surface area contributed by atoms with Gasteiger partial charge in [0, 0.05) is 35.2 Å². The lowest BCUT2D eigenvalue weighted by atomic mass is 9.95. The molecular formula is C20H18Cl2FN3O2. The van der Waals surface area contributed by atoms with Crippen LogP contribution in [0.2, 0.25) is 10.0 Å². The minimum atomic E-state index is -0.514. The molecular weight excluding hydrogens is 404 g/mol. The van der Waals surface area contributed by atoms with Crippen molar-refractivity contribution < 1.29 is 14.0 Å². The maximum Gasteiger partial charge on any atom is 0.253 e. The van der Waals surface area contributed by atoms with E-state index < -0.39 is 5.82 Å². The number of nitrogens with one attached hydrogen (secondary N) is 1. The molecule has 0 atom stereocenters. The van der Waals surface area contributed by atoms with Crippen molar-refractivity contribution in [3.8, 4) is 0 Å². The number of hydrazone groups is 1. The van der Waals surface area contributed by atoms with Crippen LogP contribution in [0, 0.1) is 11.7 Å². The number of hydrogen-bond acceptors (Lipinski definition) is 3. The van der Waals surface area contributed by atoms with Crippen LogP contribution in [0.15, 0.2) is 47.6 Å². The van der Waals surface area contributed by atoms with E-state index in [1.54, 1.807) is 35.2 Å². The van der Waals surface area contributed by atoms with Crippen molar-refractivity contribution in [1.82, 2.24) is 10.3 Å². The van der Waals surface area contributed by atoms with E-state index in [2.05, 4.69) is 10.5 Å². The van der Waals surface area contributed by atoms with E-state index >= 15 is 0 Å². The fraction of sp³-hybridized carbons (Fsp3) is 0.250. The zero-order chi connectivity index (χ0) is 20.1. The predicted molar refractivity (Wildman–Crippen MR) is 107 cm³/mol. The van der Waals surface area contributed by atoms with Gasteiger partial charge in [0.05, 0.1) is 11.2 Å². The summed E-state index contributed by atoms with van der Waals surface area (Å²) in [4.78, 5) is 26.5. The van der Waals surface area contributed by atoms with Crippen molar-refractivity contribution in [2.75, 3.05) is 13.1 Å². The second-order valence-corrected chi connectivity index (χ2v) is 7.29. The molecule has 5 nitrogen and oxygen atoms in total. The van der Waals surface area contributed by atoms with Gasteiger partial charge in [-0.15, -0.1) is 0 Å². The molecule has 28 heavy (non-hydrogen) atoms. The van der Waals surface area contributed by atoms with Crippen LogP contribution in [-0.2, 0) is 4.79 Å². The van der Waals surface area contributed by atoms with Crippen LogP contribution in [0.5, 0.6) is 0 Å². The second-order valence-electron chi connectivity index (χ2n) is 6.44. The molecule has 1 heterocycles. The zero-order valence-electron chi connectivity index (χ0n) is 14.9. The minimum Gasteiger partial charge on any atom is -0.339 e. The fourth-order valence-corrected chi connectivity index (χ4v) is 3.34. The number of nitrogens with zero attached hydrogens (tertiary/aromatic N) is 2. The maximum absolute atomic E-state index is 13.7. The molecule has 3 rings (SSSR count). The highest BCUT2D eigenvalue weighted by atomic mass is 35.5. The van der Waals surface area contributed by atoms with Crippen LogP contribution in [0.3, 0.4) is 0 Å². The van der Waals surface area contributed by atoms with Gasteiger partial charge in [-0.1, -0.05) is 29.3 Å².